The topological polar surface area (TPSA) is 76.9 Å². The Morgan fingerprint density at radius 2 is 2.00 bits per heavy atom. The molecular formula is C24H31ClN4O4. The van der Waals surface area contributed by atoms with Gasteiger partial charge in [0, 0.05) is 49.2 Å². The molecule has 2 fully saturated rings. The molecule has 2 amide bonds. The van der Waals surface area contributed by atoms with Crippen molar-refractivity contribution in [2.24, 2.45) is 5.41 Å². The highest BCUT2D eigenvalue weighted by atomic mass is 35.5. The van der Waals surface area contributed by atoms with E-state index in [4.69, 9.17) is 21.1 Å². The van der Waals surface area contributed by atoms with Crippen molar-refractivity contribution in [2.45, 2.75) is 32.7 Å². The van der Waals surface area contributed by atoms with Gasteiger partial charge in [-0.3, -0.25) is 14.3 Å². The van der Waals surface area contributed by atoms with Crippen LogP contribution in [0.4, 0.5) is 0 Å². The summed E-state index contributed by atoms with van der Waals surface area (Å²) >= 11 is 6.12. The molecule has 2 aliphatic heterocycles. The number of morpholine rings is 1. The second-order valence-electron chi connectivity index (χ2n) is 9.05. The highest BCUT2D eigenvalue weighted by Gasteiger charge is 2.41. The minimum atomic E-state index is -0.467. The van der Waals surface area contributed by atoms with E-state index in [9.17, 15) is 9.59 Å². The summed E-state index contributed by atoms with van der Waals surface area (Å²) in [5, 5.41) is 4.84. The molecule has 178 valence electrons. The molecule has 0 aliphatic carbocycles. The van der Waals surface area contributed by atoms with Crippen molar-refractivity contribution >= 4 is 23.4 Å². The van der Waals surface area contributed by atoms with Crippen molar-refractivity contribution in [3.05, 3.63) is 47.2 Å². The Morgan fingerprint density at radius 1 is 1.18 bits per heavy atom. The van der Waals surface area contributed by atoms with Crippen LogP contribution in [0.3, 0.4) is 0 Å². The molecule has 0 saturated carbocycles. The summed E-state index contributed by atoms with van der Waals surface area (Å²) < 4.78 is 13.2. The Morgan fingerprint density at radius 3 is 2.73 bits per heavy atom. The lowest BCUT2D eigenvalue weighted by Crippen LogP contribution is -2.52. The van der Waals surface area contributed by atoms with E-state index in [0.29, 0.717) is 63.2 Å². The van der Waals surface area contributed by atoms with Crippen LogP contribution >= 0.6 is 11.6 Å². The van der Waals surface area contributed by atoms with E-state index >= 15 is 0 Å². The van der Waals surface area contributed by atoms with Crippen LogP contribution in [0.1, 0.15) is 24.8 Å². The fourth-order valence-electron chi connectivity index (χ4n) is 4.56. The first-order valence-electron chi connectivity index (χ1n) is 11.4. The summed E-state index contributed by atoms with van der Waals surface area (Å²) in [7, 11) is 0. The van der Waals surface area contributed by atoms with Crippen molar-refractivity contribution in [3.63, 3.8) is 0 Å². The van der Waals surface area contributed by atoms with E-state index < -0.39 is 5.41 Å². The molecule has 1 atom stereocenters. The van der Waals surface area contributed by atoms with Crippen molar-refractivity contribution < 1.29 is 19.1 Å². The number of likely N-dealkylation sites (tertiary alicyclic amines) is 1. The van der Waals surface area contributed by atoms with E-state index in [1.54, 1.807) is 23.0 Å². The standard InChI is InChI=1S/C24H31ClN4O4/c1-19-14-26-29(15-19)16-23(31)28-7-3-6-24(17-28,13-22(30)27-8-10-32-11-9-27)18-33-21-5-2-4-20(25)12-21/h2,4-5,12,14-15H,3,6-11,13,16-18H2,1H3/t24-/m1/s1. The van der Waals surface area contributed by atoms with Gasteiger partial charge in [0.15, 0.2) is 0 Å². The van der Waals surface area contributed by atoms with Crippen molar-refractivity contribution in [3.8, 4) is 5.75 Å². The van der Waals surface area contributed by atoms with Crippen LogP contribution in [0, 0.1) is 12.3 Å². The van der Waals surface area contributed by atoms with Gasteiger partial charge < -0.3 is 19.3 Å². The average Bonchev–Trinajstić information content (AvgIpc) is 3.23. The Hall–Kier alpha value is -2.58. The van der Waals surface area contributed by atoms with Gasteiger partial charge in [0.1, 0.15) is 12.3 Å². The molecule has 2 saturated heterocycles. The molecule has 0 bridgehead atoms. The summed E-state index contributed by atoms with van der Waals surface area (Å²) in [6.07, 6.45) is 5.57. The number of hydrogen-bond donors (Lipinski definition) is 0. The van der Waals surface area contributed by atoms with E-state index in [1.165, 1.54) is 0 Å². The molecule has 3 heterocycles. The quantitative estimate of drug-likeness (QED) is 0.616. The average molecular weight is 475 g/mol. The van der Waals surface area contributed by atoms with Gasteiger partial charge in [0.05, 0.1) is 26.0 Å². The Labute approximate surface area is 199 Å². The number of aromatic nitrogens is 2. The molecule has 0 spiro atoms. The Kier molecular flexibility index (Phi) is 7.55. The van der Waals surface area contributed by atoms with Gasteiger partial charge >= 0.3 is 0 Å². The number of rotatable bonds is 7. The number of halogens is 1. The largest absolute Gasteiger partial charge is 0.493 e. The highest BCUT2D eigenvalue weighted by molar-refractivity contribution is 6.30. The van der Waals surface area contributed by atoms with Crippen LogP contribution in [0.15, 0.2) is 36.7 Å². The van der Waals surface area contributed by atoms with E-state index in [1.807, 2.05) is 35.1 Å². The fraction of sp³-hybridized carbons (Fsp3) is 0.542. The number of piperidine rings is 1. The van der Waals surface area contributed by atoms with Crippen LogP contribution < -0.4 is 4.74 Å². The third kappa shape index (κ3) is 6.26. The molecule has 4 rings (SSSR count). The molecule has 33 heavy (non-hydrogen) atoms. The van der Waals surface area contributed by atoms with Crippen LogP contribution in [-0.2, 0) is 20.9 Å². The molecule has 0 radical (unpaired) electrons. The number of carbonyl (C=O) groups excluding carboxylic acids is 2. The predicted molar refractivity (Wildman–Crippen MR) is 124 cm³/mol. The van der Waals surface area contributed by atoms with E-state index in [0.717, 1.165) is 18.4 Å². The number of carbonyl (C=O) groups is 2. The lowest BCUT2D eigenvalue weighted by molar-refractivity contribution is -0.144. The first-order chi connectivity index (χ1) is 15.9. The van der Waals surface area contributed by atoms with Crippen LogP contribution in [-0.4, -0.2) is 77.4 Å². The monoisotopic (exact) mass is 474 g/mol. The van der Waals surface area contributed by atoms with Gasteiger partial charge in [-0.25, -0.2) is 0 Å². The Bertz CT molecular complexity index is 975. The molecule has 2 aliphatic rings. The Balaban J connectivity index is 1.48. The molecule has 2 aromatic rings. The molecule has 0 N–H and O–H groups in total. The number of aryl methyl sites for hydroxylation is 1. The minimum absolute atomic E-state index is 0.00347. The van der Waals surface area contributed by atoms with Crippen LogP contribution in [0.2, 0.25) is 5.02 Å². The van der Waals surface area contributed by atoms with Crippen molar-refractivity contribution in [1.82, 2.24) is 19.6 Å². The molecular weight excluding hydrogens is 444 g/mol. The summed E-state index contributed by atoms with van der Waals surface area (Å²) in [4.78, 5) is 30.0. The van der Waals surface area contributed by atoms with Gasteiger partial charge in [-0.1, -0.05) is 17.7 Å². The number of amides is 2. The van der Waals surface area contributed by atoms with E-state index in [-0.39, 0.29) is 18.4 Å². The number of nitrogens with zero attached hydrogens (tertiary/aromatic N) is 4. The van der Waals surface area contributed by atoms with Crippen LogP contribution in [0.5, 0.6) is 5.75 Å². The molecule has 1 aromatic heterocycles. The molecule has 1 aromatic carbocycles. The van der Waals surface area contributed by atoms with Crippen molar-refractivity contribution in [1.29, 1.82) is 0 Å². The first kappa shape index (κ1) is 23.6. The van der Waals surface area contributed by atoms with Crippen molar-refractivity contribution in [2.75, 3.05) is 46.0 Å². The first-order valence-corrected chi connectivity index (χ1v) is 11.8. The zero-order valence-electron chi connectivity index (χ0n) is 19.0. The minimum Gasteiger partial charge on any atom is -0.493 e. The number of benzene rings is 1. The summed E-state index contributed by atoms with van der Waals surface area (Å²) in [5.41, 5.74) is 0.549. The van der Waals surface area contributed by atoms with Gasteiger partial charge in [0.25, 0.3) is 0 Å². The van der Waals surface area contributed by atoms with Gasteiger partial charge in [-0.05, 0) is 43.5 Å². The SMILES string of the molecule is Cc1cnn(CC(=O)N2CCC[C@@](COc3cccc(Cl)c3)(CC(=O)N3CCOCC3)C2)c1. The zero-order chi connectivity index (χ0) is 23.3. The summed E-state index contributed by atoms with van der Waals surface area (Å²) in [6.45, 7) is 5.95. The third-order valence-electron chi connectivity index (χ3n) is 6.30. The second-order valence-corrected chi connectivity index (χ2v) is 9.49. The lowest BCUT2D eigenvalue weighted by Gasteiger charge is -2.43. The third-order valence-corrected chi connectivity index (χ3v) is 6.54. The smallest absolute Gasteiger partial charge is 0.244 e. The molecule has 9 heteroatoms. The van der Waals surface area contributed by atoms with E-state index in [2.05, 4.69) is 5.10 Å². The second kappa shape index (κ2) is 10.6. The number of hydrogen-bond acceptors (Lipinski definition) is 5. The maximum Gasteiger partial charge on any atom is 0.244 e. The normalized spacial score (nSPS) is 21.2. The highest BCUT2D eigenvalue weighted by Crippen LogP contribution is 2.36. The van der Waals surface area contributed by atoms with Gasteiger partial charge in [-0.15, -0.1) is 0 Å². The fourth-order valence-corrected chi connectivity index (χ4v) is 4.74. The maximum absolute atomic E-state index is 13.2. The predicted octanol–water partition coefficient (Wildman–Crippen LogP) is 2.78. The van der Waals surface area contributed by atoms with Gasteiger partial charge in [0.2, 0.25) is 11.8 Å². The maximum atomic E-state index is 13.2. The zero-order valence-corrected chi connectivity index (χ0v) is 19.8. The molecule has 0 unspecified atom stereocenters. The summed E-state index contributed by atoms with van der Waals surface area (Å²) in [5.74, 6) is 0.755. The van der Waals surface area contributed by atoms with Gasteiger partial charge in [-0.2, -0.15) is 5.10 Å². The summed E-state index contributed by atoms with van der Waals surface area (Å²) in [6, 6.07) is 7.26. The molecule has 8 nitrogen and oxygen atoms in total. The lowest BCUT2D eigenvalue weighted by atomic mass is 9.77. The number of ether oxygens (including phenoxy) is 2. The van der Waals surface area contributed by atoms with Crippen LogP contribution in [0.25, 0.3) is 0 Å².